The van der Waals surface area contributed by atoms with E-state index in [2.05, 4.69) is 22.4 Å². The lowest BCUT2D eigenvalue weighted by molar-refractivity contribution is -0.121. The smallest absolute Gasteiger partial charge is 0.220 e. The van der Waals surface area contributed by atoms with E-state index in [-0.39, 0.29) is 5.91 Å². The molecule has 140 valence electrons. The molecule has 0 saturated carbocycles. The minimum absolute atomic E-state index is 0.0824. The maximum absolute atomic E-state index is 12.0. The Morgan fingerprint density at radius 1 is 1.07 bits per heavy atom. The molecule has 0 radical (unpaired) electrons. The molecule has 1 aromatic heterocycles. The zero-order chi connectivity index (χ0) is 18.9. The van der Waals surface area contributed by atoms with Crippen LogP contribution >= 0.6 is 11.3 Å². The van der Waals surface area contributed by atoms with Crippen molar-refractivity contribution >= 4 is 17.2 Å². The van der Waals surface area contributed by atoms with Crippen molar-refractivity contribution in [2.45, 2.75) is 32.2 Å². The topological polar surface area (TPSA) is 51.2 Å². The lowest BCUT2D eigenvalue weighted by atomic mass is 10.1. The molecule has 0 aliphatic carbocycles. The Labute approximate surface area is 164 Å². The molecule has 0 fully saturated rings. The lowest BCUT2D eigenvalue weighted by Gasteiger charge is -2.05. The van der Waals surface area contributed by atoms with Gasteiger partial charge in [-0.2, -0.15) is 0 Å². The number of hydrogen-bond acceptors (Lipinski definition) is 4. The third-order valence-corrected chi connectivity index (χ3v) is 5.26. The van der Waals surface area contributed by atoms with Crippen molar-refractivity contribution in [2.24, 2.45) is 0 Å². The van der Waals surface area contributed by atoms with E-state index >= 15 is 0 Å². The first-order chi connectivity index (χ1) is 13.2. The van der Waals surface area contributed by atoms with Gasteiger partial charge in [0.1, 0.15) is 10.8 Å². The van der Waals surface area contributed by atoms with Crippen molar-refractivity contribution in [1.82, 2.24) is 10.3 Å². The summed E-state index contributed by atoms with van der Waals surface area (Å²) in [6.45, 7) is 0.487. The van der Waals surface area contributed by atoms with E-state index in [4.69, 9.17) is 4.74 Å². The molecule has 3 rings (SSSR count). The summed E-state index contributed by atoms with van der Waals surface area (Å²) in [7, 11) is 1.67. The monoisotopic (exact) mass is 380 g/mol. The molecule has 1 heterocycles. The fourth-order valence-electron chi connectivity index (χ4n) is 2.79. The zero-order valence-corrected chi connectivity index (χ0v) is 16.3. The molecule has 3 aromatic rings. The van der Waals surface area contributed by atoms with Gasteiger partial charge in [-0.25, -0.2) is 4.98 Å². The van der Waals surface area contributed by atoms with Crippen molar-refractivity contribution in [3.05, 3.63) is 71.2 Å². The summed E-state index contributed by atoms with van der Waals surface area (Å²) < 4.78 is 5.16. The minimum atomic E-state index is 0.0824. The van der Waals surface area contributed by atoms with Gasteiger partial charge in [0.05, 0.1) is 19.3 Å². The van der Waals surface area contributed by atoms with Gasteiger partial charge in [0.2, 0.25) is 5.91 Å². The van der Waals surface area contributed by atoms with Crippen LogP contribution in [0.4, 0.5) is 0 Å². The van der Waals surface area contributed by atoms with Gasteiger partial charge in [0.15, 0.2) is 0 Å². The van der Waals surface area contributed by atoms with E-state index in [9.17, 15) is 4.79 Å². The molecule has 0 spiro atoms. The van der Waals surface area contributed by atoms with Crippen LogP contribution in [0.15, 0.2) is 60.0 Å². The SMILES string of the molecule is COc1ccc(CCCCC(=O)NCc2csc(-c3ccccc3)n2)cc1. The highest BCUT2D eigenvalue weighted by Crippen LogP contribution is 2.23. The molecule has 0 aliphatic heterocycles. The van der Waals surface area contributed by atoms with Crippen LogP contribution in [0.3, 0.4) is 0 Å². The van der Waals surface area contributed by atoms with E-state index in [1.54, 1.807) is 18.4 Å². The van der Waals surface area contributed by atoms with Crippen LogP contribution in [-0.4, -0.2) is 18.0 Å². The summed E-state index contributed by atoms with van der Waals surface area (Å²) >= 11 is 1.60. The standard InChI is InChI=1S/C22H24N2O2S/c1-26-20-13-11-17(12-14-20)7-5-6-10-21(25)23-15-19-16-27-22(24-19)18-8-3-2-4-9-18/h2-4,8-9,11-14,16H,5-7,10,15H2,1H3,(H,23,25). The number of carbonyl (C=O) groups is 1. The van der Waals surface area contributed by atoms with Gasteiger partial charge in [-0.1, -0.05) is 42.5 Å². The molecule has 5 heteroatoms. The first-order valence-electron chi connectivity index (χ1n) is 9.14. The predicted molar refractivity (Wildman–Crippen MR) is 110 cm³/mol. The van der Waals surface area contributed by atoms with Gasteiger partial charge in [-0.15, -0.1) is 11.3 Å². The normalized spacial score (nSPS) is 10.6. The third kappa shape index (κ3) is 5.93. The van der Waals surface area contributed by atoms with E-state index in [0.29, 0.717) is 13.0 Å². The van der Waals surface area contributed by atoms with Crippen molar-refractivity contribution < 1.29 is 9.53 Å². The third-order valence-electron chi connectivity index (χ3n) is 4.32. The molecule has 0 aliphatic rings. The molecule has 1 amide bonds. The van der Waals surface area contributed by atoms with Crippen LogP contribution in [0.2, 0.25) is 0 Å². The van der Waals surface area contributed by atoms with Crippen LogP contribution in [-0.2, 0) is 17.8 Å². The molecule has 27 heavy (non-hydrogen) atoms. The van der Waals surface area contributed by atoms with Crippen LogP contribution in [0, 0.1) is 0 Å². The average molecular weight is 381 g/mol. The largest absolute Gasteiger partial charge is 0.497 e. The number of aryl methyl sites for hydroxylation is 1. The summed E-state index contributed by atoms with van der Waals surface area (Å²) in [6, 6.07) is 18.2. The quantitative estimate of drug-likeness (QED) is 0.540. The molecule has 0 unspecified atom stereocenters. The first kappa shape index (κ1) is 19.1. The number of benzene rings is 2. The number of ether oxygens (including phenoxy) is 1. The predicted octanol–water partition coefficient (Wildman–Crippen LogP) is 4.85. The Balaban J connectivity index is 1.35. The van der Waals surface area contributed by atoms with E-state index < -0.39 is 0 Å². The maximum Gasteiger partial charge on any atom is 0.220 e. The molecule has 0 bridgehead atoms. The Hall–Kier alpha value is -2.66. The number of rotatable bonds is 9. The van der Waals surface area contributed by atoms with Crippen molar-refractivity contribution in [2.75, 3.05) is 7.11 Å². The van der Waals surface area contributed by atoms with Gasteiger partial charge in [0, 0.05) is 17.4 Å². The zero-order valence-electron chi connectivity index (χ0n) is 15.5. The van der Waals surface area contributed by atoms with Crippen LogP contribution < -0.4 is 10.1 Å². The van der Waals surface area contributed by atoms with Gasteiger partial charge >= 0.3 is 0 Å². The van der Waals surface area contributed by atoms with Gasteiger partial charge < -0.3 is 10.1 Å². The van der Waals surface area contributed by atoms with Crippen molar-refractivity contribution in [3.8, 4) is 16.3 Å². The lowest BCUT2D eigenvalue weighted by Crippen LogP contribution is -2.22. The number of aromatic nitrogens is 1. The van der Waals surface area contributed by atoms with Gasteiger partial charge in [0.25, 0.3) is 0 Å². The minimum Gasteiger partial charge on any atom is -0.497 e. The number of unbranched alkanes of at least 4 members (excludes halogenated alkanes) is 1. The number of nitrogens with one attached hydrogen (secondary N) is 1. The maximum atomic E-state index is 12.0. The van der Waals surface area contributed by atoms with Crippen LogP contribution in [0.1, 0.15) is 30.5 Å². The fraction of sp³-hybridized carbons (Fsp3) is 0.273. The Bertz CT molecular complexity index is 844. The van der Waals surface area contributed by atoms with E-state index in [0.717, 1.165) is 41.3 Å². The summed E-state index contributed by atoms with van der Waals surface area (Å²) in [5, 5.41) is 5.96. The second-order valence-electron chi connectivity index (χ2n) is 6.34. The Morgan fingerprint density at radius 2 is 1.85 bits per heavy atom. The number of thiazole rings is 1. The number of carbonyl (C=O) groups excluding carboxylic acids is 1. The number of nitrogens with zero attached hydrogens (tertiary/aromatic N) is 1. The number of amides is 1. The molecular weight excluding hydrogens is 356 g/mol. The summed E-state index contributed by atoms with van der Waals surface area (Å²) in [4.78, 5) is 16.6. The summed E-state index contributed by atoms with van der Waals surface area (Å²) in [5.74, 6) is 0.953. The molecule has 4 nitrogen and oxygen atoms in total. The fourth-order valence-corrected chi connectivity index (χ4v) is 3.61. The average Bonchev–Trinajstić information content (AvgIpc) is 3.20. The number of hydrogen-bond donors (Lipinski definition) is 1. The highest BCUT2D eigenvalue weighted by molar-refractivity contribution is 7.13. The molecule has 2 aromatic carbocycles. The number of methoxy groups -OCH3 is 1. The summed E-state index contributed by atoms with van der Waals surface area (Å²) in [6.07, 6.45) is 3.40. The molecule has 0 atom stereocenters. The molecule has 0 saturated heterocycles. The Kier molecular flexibility index (Phi) is 6.99. The van der Waals surface area contributed by atoms with Gasteiger partial charge in [-0.3, -0.25) is 4.79 Å². The van der Waals surface area contributed by atoms with E-state index in [1.807, 2.05) is 47.8 Å². The van der Waals surface area contributed by atoms with Crippen LogP contribution in [0.5, 0.6) is 5.75 Å². The van der Waals surface area contributed by atoms with Gasteiger partial charge in [-0.05, 0) is 37.0 Å². The highest BCUT2D eigenvalue weighted by Gasteiger charge is 2.06. The molecule has 1 N–H and O–H groups in total. The van der Waals surface area contributed by atoms with Crippen LogP contribution in [0.25, 0.3) is 10.6 Å². The van der Waals surface area contributed by atoms with Crippen molar-refractivity contribution in [3.63, 3.8) is 0 Å². The highest BCUT2D eigenvalue weighted by atomic mass is 32.1. The van der Waals surface area contributed by atoms with Crippen molar-refractivity contribution in [1.29, 1.82) is 0 Å². The summed E-state index contributed by atoms with van der Waals surface area (Å²) in [5.41, 5.74) is 3.29. The first-order valence-corrected chi connectivity index (χ1v) is 10.0. The second-order valence-corrected chi connectivity index (χ2v) is 7.20. The Morgan fingerprint density at radius 3 is 2.59 bits per heavy atom. The van der Waals surface area contributed by atoms with E-state index in [1.165, 1.54) is 5.56 Å². The second kappa shape index (κ2) is 9.88. The molecular formula is C22H24N2O2S.